The summed E-state index contributed by atoms with van der Waals surface area (Å²) >= 11 is 0. The zero-order valence-corrected chi connectivity index (χ0v) is 10.7. The molecule has 1 saturated carbocycles. The van der Waals surface area contributed by atoms with Crippen LogP contribution < -0.4 is 5.32 Å². The fraction of sp³-hybridized carbons (Fsp3) is 0.714. The average Bonchev–Trinajstić information content (AvgIpc) is 2.89. The molecule has 0 aromatic carbocycles. The van der Waals surface area contributed by atoms with Crippen molar-refractivity contribution in [3.05, 3.63) is 24.2 Å². The molecule has 0 spiro atoms. The van der Waals surface area contributed by atoms with E-state index in [2.05, 4.69) is 12.2 Å². The topological polar surface area (TPSA) is 34.4 Å². The molecule has 1 fully saturated rings. The first-order valence-corrected chi connectivity index (χ1v) is 6.74. The van der Waals surface area contributed by atoms with Gasteiger partial charge in [0.25, 0.3) is 0 Å². The Labute approximate surface area is 104 Å². The number of furan rings is 1. The van der Waals surface area contributed by atoms with Gasteiger partial charge in [0.1, 0.15) is 5.76 Å². The fourth-order valence-electron chi connectivity index (χ4n) is 2.37. The minimum absolute atomic E-state index is 0.264. The summed E-state index contributed by atoms with van der Waals surface area (Å²) < 4.78 is 11.2. The quantitative estimate of drug-likeness (QED) is 0.771. The van der Waals surface area contributed by atoms with Crippen molar-refractivity contribution in [2.75, 3.05) is 13.2 Å². The van der Waals surface area contributed by atoms with Crippen molar-refractivity contribution < 1.29 is 9.15 Å². The molecule has 1 aromatic heterocycles. The molecule has 0 saturated heterocycles. The lowest BCUT2D eigenvalue weighted by molar-refractivity contribution is 0.0293. The molecular formula is C14H23NO2. The lowest BCUT2D eigenvalue weighted by Gasteiger charge is -2.22. The van der Waals surface area contributed by atoms with Crippen molar-refractivity contribution in [1.29, 1.82) is 0 Å². The van der Waals surface area contributed by atoms with Gasteiger partial charge in [-0.25, -0.2) is 0 Å². The van der Waals surface area contributed by atoms with E-state index < -0.39 is 0 Å². The van der Waals surface area contributed by atoms with E-state index in [1.807, 2.05) is 12.1 Å². The Bertz CT molecular complexity index is 291. The highest BCUT2D eigenvalue weighted by atomic mass is 16.5. The summed E-state index contributed by atoms with van der Waals surface area (Å²) in [5.41, 5.74) is 0. The third kappa shape index (κ3) is 4.17. The smallest absolute Gasteiger partial charge is 0.120 e. The molecule has 0 bridgehead atoms. The van der Waals surface area contributed by atoms with Gasteiger partial charge < -0.3 is 14.5 Å². The summed E-state index contributed by atoms with van der Waals surface area (Å²) in [7, 11) is 0. The maximum absolute atomic E-state index is 5.86. The summed E-state index contributed by atoms with van der Waals surface area (Å²) in [5, 5.41) is 3.41. The van der Waals surface area contributed by atoms with Crippen molar-refractivity contribution >= 4 is 0 Å². The predicted octanol–water partition coefficient (Wildman–Crippen LogP) is 3.28. The number of ether oxygens (including phenoxy) is 1. The molecule has 0 radical (unpaired) electrons. The van der Waals surface area contributed by atoms with Crippen molar-refractivity contribution in [2.24, 2.45) is 0 Å². The Morgan fingerprint density at radius 3 is 2.94 bits per heavy atom. The zero-order valence-electron chi connectivity index (χ0n) is 10.7. The van der Waals surface area contributed by atoms with Gasteiger partial charge in [0.2, 0.25) is 0 Å². The molecule has 2 rings (SSSR count). The van der Waals surface area contributed by atoms with Gasteiger partial charge in [-0.15, -0.1) is 0 Å². The second-order valence-corrected chi connectivity index (χ2v) is 4.82. The summed E-state index contributed by atoms with van der Waals surface area (Å²) in [6.45, 7) is 3.80. The minimum Gasteiger partial charge on any atom is -0.468 e. The summed E-state index contributed by atoms with van der Waals surface area (Å²) in [6.07, 6.45) is 8.76. The van der Waals surface area contributed by atoms with E-state index in [0.717, 1.165) is 18.9 Å². The molecule has 1 N–H and O–H groups in total. The van der Waals surface area contributed by atoms with Crippen LogP contribution in [0.2, 0.25) is 0 Å². The molecule has 3 heteroatoms. The third-order valence-corrected chi connectivity index (χ3v) is 3.43. The van der Waals surface area contributed by atoms with Crippen LogP contribution in [0.3, 0.4) is 0 Å². The zero-order chi connectivity index (χ0) is 11.9. The molecule has 0 amide bonds. The molecule has 1 aliphatic carbocycles. The molecule has 17 heavy (non-hydrogen) atoms. The van der Waals surface area contributed by atoms with Crippen molar-refractivity contribution in [3.8, 4) is 0 Å². The predicted molar refractivity (Wildman–Crippen MR) is 68.0 cm³/mol. The highest BCUT2D eigenvalue weighted by molar-refractivity contribution is 5.02. The molecule has 1 atom stereocenters. The summed E-state index contributed by atoms with van der Waals surface area (Å²) in [5.74, 6) is 0.989. The van der Waals surface area contributed by atoms with Gasteiger partial charge in [-0.1, -0.05) is 19.3 Å². The number of rotatable bonds is 6. The van der Waals surface area contributed by atoms with E-state index >= 15 is 0 Å². The lowest BCUT2D eigenvalue weighted by Crippen LogP contribution is -2.26. The molecule has 0 aliphatic heterocycles. The van der Waals surface area contributed by atoms with E-state index in [1.54, 1.807) is 6.26 Å². The van der Waals surface area contributed by atoms with Crippen molar-refractivity contribution in [1.82, 2.24) is 5.32 Å². The van der Waals surface area contributed by atoms with Crippen LogP contribution in [-0.4, -0.2) is 19.3 Å². The fourth-order valence-corrected chi connectivity index (χ4v) is 2.37. The van der Waals surface area contributed by atoms with Crippen LogP contribution in [-0.2, 0) is 4.74 Å². The molecular weight excluding hydrogens is 214 g/mol. The standard InChI is InChI=1S/C14H23NO2/c1-12(14-8-5-10-17-14)15-9-11-16-13-6-3-2-4-7-13/h5,8,10,12-13,15H,2-4,6-7,9,11H2,1H3. The monoisotopic (exact) mass is 237 g/mol. The first kappa shape index (κ1) is 12.7. The van der Waals surface area contributed by atoms with E-state index in [9.17, 15) is 0 Å². The van der Waals surface area contributed by atoms with Gasteiger partial charge >= 0.3 is 0 Å². The Balaban J connectivity index is 1.56. The molecule has 3 nitrogen and oxygen atoms in total. The maximum Gasteiger partial charge on any atom is 0.120 e. The van der Waals surface area contributed by atoms with Crippen LogP contribution in [0, 0.1) is 0 Å². The van der Waals surface area contributed by atoms with Crippen LogP contribution in [0.1, 0.15) is 50.8 Å². The average molecular weight is 237 g/mol. The first-order chi connectivity index (χ1) is 8.36. The number of hydrogen-bond acceptors (Lipinski definition) is 3. The minimum atomic E-state index is 0.264. The van der Waals surface area contributed by atoms with Crippen molar-refractivity contribution in [3.63, 3.8) is 0 Å². The Morgan fingerprint density at radius 1 is 1.41 bits per heavy atom. The second-order valence-electron chi connectivity index (χ2n) is 4.82. The summed E-state index contributed by atoms with van der Waals surface area (Å²) in [4.78, 5) is 0. The number of nitrogens with one attached hydrogen (secondary N) is 1. The number of hydrogen-bond donors (Lipinski definition) is 1. The molecule has 1 aromatic rings. The Morgan fingerprint density at radius 2 is 2.24 bits per heavy atom. The molecule has 96 valence electrons. The molecule has 1 aliphatic rings. The van der Waals surface area contributed by atoms with Crippen molar-refractivity contribution in [2.45, 2.75) is 51.2 Å². The highest BCUT2D eigenvalue weighted by Gasteiger charge is 2.13. The largest absolute Gasteiger partial charge is 0.468 e. The van der Waals surface area contributed by atoms with Crippen LogP contribution in [0.5, 0.6) is 0 Å². The van der Waals surface area contributed by atoms with Crippen LogP contribution >= 0.6 is 0 Å². The maximum atomic E-state index is 5.86. The van der Waals surface area contributed by atoms with Crippen LogP contribution in [0.4, 0.5) is 0 Å². The van der Waals surface area contributed by atoms with Gasteiger partial charge in [0, 0.05) is 6.54 Å². The Hall–Kier alpha value is -0.800. The highest BCUT2D eigenvalue weighted by Crippen LogP contribution is 2.20. The van der Waals surface area contributed by atoms with E-state index in [1.165, 1.54) is 32.1 Å². The van der Waals surface area contributed by atoms with Gasteiger partial charge in [-0.3, -0.25) is 0 Å². The van der Waals surface area contributed by atoms with Gasteiger partial charge in [-0.2, -0.15) is 0 Å². The van der Waals surface area contributed by atoms with E-state index in [0.29, 0.717) is 6.10 Å². The second kappa shape index (κ2) is 6.82. The summed E-state index contributed by atoms with van der Waals surface area (Å²) in [6, 6.07) is 4.19. The lowest BCUT2D eigenvalue weighted by atomic mass is 9.98. The van der Waals surface area contributed by atoms with Gasteiger partial charge in [0.15, 0.2) is 0 Å². The molecule has 1 unspecified atom stereocenters. The SMILES string of the molecule is CC(NCCOC1CCCCC1)c1ccco1. The van der Waals surface area contributed by atoms with Gasteiger partial charge in [0.05, 0.1) is 25.0 Å². The van der Waals surface area contributed by atoms with Gasteiger partial charge in [-0.05, 0) is 31.9 Å². The van der Waals surface area contributed by atoms with Crippen LogP contribution in [0.15, 0.2) is 22.8 Å². The van der Waals surface area contributed by atoms with Crippen LogP contribution in [0.25, 0.3) is 0 Å². The normalized spacial score (nSPS) is 19.4. The Kier molecular flexibility index (Phi) is 5.08. The first-order valence-electron chi connectivity index (χ1n) is 6.74. The van der Waals surface area contributed by atoms with E-state index in [4.69, 9.17) is 9.15 Å². The van der Waals surface area contributed by atoms with E-state index in [-0.39, 0.29) is 6.04 Å². The molecule has 1 heterocycles. The third-order valence-electron chi connectivity index (χ3n) is 3.43.